The molecular weight excluding hydrogens is 732 g/mol. The van der Waals surface area contributed by atoms with Crippen LogP contribution >= 0.6 is 15.9 Å². The number of esters is 1. The standard InChI is InChI=1S/C45H47BrO7/c1-31-24-37(46)25-32(2)39(31)40(45(47)48-3)42-44(52-29-36-22-14-7-15-23-36)43(51-28-35-20-12-6-13-21-35)41(50-27-34-18-10-5-11-19-34)38(53-42)30-49-26-33-16-8-4-9-17-33/h4-25,38,40-44H,26-30H2,1-3H3/t38-,40-,41-,42-,43-,44+/m1/s1. The van der Waals surface area contributed by atoms with E-state index in [0.717, 1.165) is 43.4 Å². The Morgan fingerprint density at radius 2 is 1.04 bits per heavy atom. The third-order valence-corrected chi connectivity index (χ3v) is 10.0. The number of ether oxygens (including phenoxy) is 6. The molecule has 0 aliphatic carbocycles. The van der Waals surface area contributed by atoms with Crippen LogP contribution < -0.4 is 0 Å². The van der Waals surface area contributed by atoms with Crippen LogP contribution in [0.5, 0.6) is 0 Å². The fourth-order valence-corrected chi connectivity index (χ4v) is 7.74. The third kappa shape index (κ3) is 10.3. The number of halogens is 1. The van der Waals surface area contributed by atoms with Crippen molar-refractivity contribution in [1.29, 1.82) is 0 Å². The lowest BCUT2D eigenvalue weighted by molar-refractivity contribution is -0.276. The Balaban J connectivity index is 1.44. The highest BCUT2D eigenvalue weighted by Gasteiger charge is 2.53. The number of methoxy groups -OCH3 is 1. The summed E-state index contributed by atoms with van der Waals surface area (Å²) < 4.78 is 40.6. The monoisotopic (exact) mass is 778 g/mol. The van der Waals surface area contributed by atoms with Crippen LogP contribution in [-0.2, 0) is 59.6 Å². The molecule has 0 spiro atoms. The molecule has 0 N–H and O–H groups in total. The first-order valence-electron chi connectivity index (χ1n) is 18.0. The molecule has 6 atom stereocenters. The van der Waals surface area contributed by atoms with Crippen LogP contribution in [0.2, 0.25) is 0 Å². The van der Waals surface area contributed by atoms with Gasteiger partial charge in [-0.05, 0) is 64.9 Å². The van der Waals surface area contributed by atoms with Gasteiger partial charge in [-0.3, -0.25) is 4.79 Å². The van der Waals surface area contributed by atoms with Crippen molar-refractivity contribution in [2.24, 2.45) is 0 Å². The van der Waals surface area contributed by atoms with Gasteiger partial charge in [0, 0.05) is 4.47 Å². The van der Waals surface area contributed by atoms with Crippen LogP contribution in [0.4, 0.5) is 0 Å². The van der Waals surface area contributed by atoms with Crippen molar-refractivity contribution in [3.8, 4) is 0 Å². The van der Waals surface area contributed by atoms with Crippen molar-refractivity contribution in [3.05, 3.63) is 177 Å². The van der Waals surface area contributed by atoms with Crippen molar-refractivity contribution in [2.45, 2.75) is 76.7 Å². The second-order valence-electron chi connectivity index (χ2n) is 13.4. The molecule has 0 bridgehead atoms. The molecule has 0 aromatic heterocycles. The van der Waals surface area contributed by atoms with Crippen LogP contribution in [0.3, 0.4) is 0 Å². The van der Waals surface area contributed by atoms with Crippen LogP contribution in [-0.4, -0.2) is 50.2 Å². The first-order valence-corrected chi connectivity index (χ1v) is 18.8. The van der Waals surface area contributed by atoms with Gasteiger partial charge in [0.05, 0.1) is 40.1 Å². The summed E-state index contributed by atoms with van der Waals surface area (Å²) in [4.78, 5) is 14.1. The Morgan fingerprint density at radius 1 is 0.623 bits per heavy atom. The zero-order chi connectivity index (χ0) is 37.0. The maximum absolute atomic E-state index is 14.1. The Morgan fingerprint density at radius 3 is 1.49 bits per heavy atom. The maximum Gasteiger partial charge on any atom is 0.315 e. The van der Waals surface area contributed by atoms with Gasteiger partial charge < -0.3 is 28.4 Å². The summed E-state index contributed by atoms with van der Waals surface area (Å²) in [5, 5.41) is 0. The van der Waals surface area contributed by atoms with Crippen LogP contribution in [0.1, 0.15) is 44.9 Å². The number of hydrogen-bond donors (Lipinski definition) is 0. The van der Waals surface area contributed by atoms with Crippen molar-refractivity contribution < 1.29 is 33.2 Å². The number of hydrogen-bond acceptors (Lipinski definition) is 7. The molecule has 1 heterocycles. The second kappa shape index (κ2) is 19.3. The van der Waals surface area contributed by atoms with Crippen LogP contribution in [0.25, 0.3) is 0 Å². The molecule has 53 heavy (non-hydrogen) atoms. The molecule has 5 aromatic carbocycles. The SMILES string of the molecule is COC(=O)[C@H](c1c(C)cc(Br)cc1C)[C@H]1O[C@H](COCc2ccccc2)[C@@H](OCc2ccccc2)[C@@H](OCc2ccccc2)[C@H]1OCc1ccccc1. The summed E-state index contributed by atoms with van der Waals surface area (Å²) >= 11 is 3.64. The van der Waals surface area contributed by atoms with E-state index < -0.39 is 42.4 Å². The van der Waals surface area contributed by atoms with E-state index in [1.807, 2.05) is 147 Å². The molecule has 8 heteroatoms. The minimum absolute atomic E-state index is 0.188. The summed E-state index contributed by atoms with van der Waals surface area (Å²) in [5.41, 5.74) is 6.71. The predicted octanol–water partition coefficient (Wildman–Crippen LogP) is 9.06. The fraction of sp³-hybridized carbons (Fsp3) is 0.311. The Bertz CT molecular complexity index is 1830. The van der Waals surface area contributed by atoms with E-state index in [1.165, 1.54) is 7.11 Å². The number of benzene rings is 5. The van der Waals surface area contributed by atoms with Gasteiger partial charge in [-0.2, -0.15) is 0 Å². The summed E-state index contributed by atoms with van der Waals surface area (Å²) in [6, 6.07) is 44.1. The topological polar surface area (TPSA) is 72.5 Å². The van der Waals surface area contributed by atoms with Crippen molar-refractivity contribution in [2.75, 3.05) is 13.7 Å². The van der Waals surface area contributed by atoms with Crippen molar-refractivity contribution in [3.63, 3.8) is 0 Å². The molecule has 6 rings (SSSR count). The van der Waals surface area contributed by atoms with Crippen LogP contribution in [0.15, 0.2) is 138 Å². The van der Waals surface area contributed by atoms with E-state index in [9.17, 15) is 4.79 Å². The summed E-state index contributed by atoms with van der Waals surface area (Å²) in [6.45, 7) is 5.45. The number of aryl methyl sites for hydroxylation is 2. The third-order valence-electron chi connectivity index (χ3n) is 9.57. The fourth-order valence-electron chi connectivity index (χ4n) is 7.05. The van der Waals surface area contributed by atoms with Crippen LogP contribution in [0, 0.1) is 13.8 Å². The normalized spacial score (nSPS) is 20.5. The van der Waals surface area contributed by atoms with E-state index >= 15 is 0 Å². The molecule has 1 saturated heterocycles. The van der Waals surface area contributed by atoms with Crippen molar-refractivity contribution >= 4 is 21.9 Å². The first kappa shape index (κ1) is 38.6. The highest BCUT2D eigenvalue weighted by atomic mass is 79.9. The molecular formula is C45H47BrO7. The highest BCUT2D eigenvalue weighted by Crippen LogP contribution is 2.40. The Hall–Kier alpha value is -4.15. The van der Waals surface area contributed by atoms with Gasteiger partial charge in [0.25, 0.3) is 0 Å². The summed E-state index contributed by atoms with van der Waals surface area (Å²) in [5.74, 6) is -1.27. The second-order valence-corrected chi connectivity index (χ2v) is 14.3. The Labute approximate surface area is 321 Å². The van der Waals surface area contributed by atoms with E-state index in [0.29, 0.717) is 19.8 Å². The molecule has 1 aliphatic heterocycles. The smallest absolute Gasteiger partial charge is 0.315 e. The summed E-state index contributed by atoms with van der Waals surface area (Å²) in [7, 11) is 1.41. The number of carbonyl (C=O) groups is 1. The lowest BCUT2D eigenvalue weighted by Gasteiger charge is -2.48. The average Bonchev–Trinajstić information content (AvgIpc) is 3.18. The largest absolute Gasteiger partial charge is 0.468 e. The van der Waals surface area contributed by atoms with E-state index in [2.05, 4.69) is 15.9 Å². The number of rotatable bonds is 16. The van der Waals surface area contributed by atoms with E-state index in [1.54, 1.807) is 0 Å². The highest BCUT2D eigenvalue weighted by molar-refractivity contribution is 9.10. The lowest BCUT2D eigenvalue weighted by Crippen LogP contribution is -2.63. The molecule has 276 valence electrons. The van der Waals surface area contributed by atoms with Crippen molar-refractivity contribution in [1.82, 2.24) is 0 Å². The van der Waals surface area contributed by atoms with Gasteiger partial charge in [0.2, 0.25) is 0 Å². The molecule has 0 amide bonds. The zero-order valence-electron chi connectivity index (χ0n) is 30.4. The van der Waals surface area contributed by atoms with Gasteiger partial charge in [0.15, 0.2) is 0 Å². The van der Waals surface area contributed by atoms with E-state index in [-0.39, 0.29) is 13.2 Å². The molecule has 5 aromatic rings. The van der Waals surface area contributed by atoms with Gasteiger partial charge in [-0.15, -0.1) is 0 Å². The average molecular weight is 780 g/mol. The Kier molecular flexibility index (Phi) is 14.0. The van der Waals surface area contributed by atoms with Gasteiger partial charge in [-0.25, -0.2) is 0 Å². The predicted molar refractivity (Wildman–Crippen MR) is 208 cm³/mol. The van der Waals surface area contributed by atoms with E-state index in [4.69, 9.17) is 28.4 Å². The molecule has 0 unspecified atom stereocenters. The minimum atomic E-state index is -0.844. The molecule has 1 fully saturated rings. The van der Waals surface area contributed by atoms with Gasteiger partial charge in [0.1, 0.15) is 36.4 Å². The first-order chi connectivity index (χ1) is 25.9. The zero-order valence-corrected chi connectivity index (χ0v) is 32.0. The lowest BCUT2D eigenvalue weighted by atomic mass is 9.80. The molecule has 7 nitrogen and oxygen atoms in total. The van der Waals surface area contributed by atoms with Gasteiger partial charge >= 0.3 is 5.97 Å². The summed E-state index contributed by atoms with van der Waals surface area (Å²) in [6.07, 6.45) is -3.51. The quantitative estimate of drug-likeness (QED) is 0.0926. The van der Waals surface area contributed by atoms with Gasteiger partial charge in [-0.1, -0.05) is 137 Å². The minimum Gasteiger partial charge on any atom is -0.468 e. The number of carbonyl (C=O) groups excluding carboxylic acids is 1. The maximum atomic E-state index is 14.1. The molecule has 1 aliphatic rings. The molecule has 0 radical (unpaired) electrons. The molecule has 0 saturated carbocycles.